The van der Waals surface area contributed by atoms with Gasteiger partial charge in [-0.1, -0.05) is 25.5 Å². The van der Waals surface area contributed by atoms with Crippen molar-refractivity contribution in [3.05, 3.63) is 47.8 Å². The maximum absolute atomic E-state index is 12.4. The monoisotopic (exact) mass is 356 g/mol. The molecule has 1 aromatic heterocycles. The van der Waals surface area contributed by atoms with Crippen molar-refractivity contribution in [1.29, 1.82) is 0 Å². The first-order valence-electron chi connectivity index (χ1n) is 9.40. The third-order valence-corrected chi connectivity index (χ3v) is 4.62. The van der Waals surface area contributed by atoms with E-state index in [0.717, 1.165) is 63.5 Å². The van der Waals surface area contributed by atoms with Crippen molar-refractivity contribution in [3.63, 3.8) is 0 Å². The lowest BCUT2D eigenvalue weighted by Crippen LogP contribution is -2.49. The molecule has 0 saturated carbocycles. The zero-order chi connectivity index (χ0) is 18.4. The molecule has 1 fully saturated rings. The van der Waals surface area contributed by atoms with Crippen molar-refractivity contribution < 1.29 is 9.53 Å². The molecule has 0 unspecified atom stereocenters. The highest BCUT2D eigenvalue weighted by atomic mass is 16.5. The van der Waals surface area contributed by atoms with E-state index in [4.69, 9.17) is 4.74 Å². The molecule has 1 aliphatic heterocycles. The molecule has 2 aromatic rings. The highest BCUT2D eigenvalue weighted by molar-refractivity contribution is 5.76. The van der Waals surface area contributed by atoms with E-state index < -0.39 is 0 Å². The van der Waals surface area contributed by atoms with Gasteiger partial charge < -0.3 is 9.64 Å². The summed E-state index contributed by atoms with van der Waals surface area (Å²) in [5, 5.41) is 4.12. The highest BCUT2D eigenvalue weighted by Gasteiger charge is 2.22. The number of rotatable bonds is 6. The van der Waals surface area contributed by atoms with E-state index in [0.29, 0.717) is 0 Å². The number of amides is 1. The van der Waals surface area contributed by atoms with Gasteiger partial charge in [-0.3, -0.25) is 4.90 Å². The van der Waals surface area contributed by atoms with Gasteiger partial charge in [0.25, 0.3) is 0 Å². The first-order valence-corrected chi connectivity index (χ1v) is 9.40. The fourth-order valence-electron chi connectivity index (χ4n) is 3.09. The Hall–Kier alpha value is -2.34. The van der Waals surface area contributed by atoms with E-state index in [1.807, 2.05) is 17.9 Å². The van der Waals surface area contributed by atoms with Gasteiger partial charge in [-0.05, 0) is 36.6 Å². The molecule has 0 radical (unpaired) electrons. The van der Waals surface area contributed by atoms with Crippen LogP contribution in [0.1, 0.15) is 30.9 Å². The van der Waals surface area contributed by atoms with Crippen molar-refractivity contribution in [2.24, 2.45) is 0 Å². The number of aromatic nitrogens is 2. The van der Waals surface area contributed by atoms with Crippen molar-refractivity contribution in [2.45, 2.75) is 33.2 Å². The normalized spacial score (nSPS) is 15.2. The first kappa shape index (κ1) is 18.5. The molecule has 0 spiro atoms. The van der Waals surface area contributed by atoms with E-state index in [1.54, 1.807) is 12.4 Å². The largest absolute Gasteiger partial charge is 0.494 e. The Labute approximate surface area is 155 Å². The number of unbranched alkanes of at least 4 members (excludes halogenated alkanes) is 1. The number of nitrogens with zero attached hydrogens (tertiary/aromatic N) is 4. The lowest BCUT2D eigenvalue weighted by Gasteiger charge is -2.34. The van der Waals surface area contributed by atoms with Crippen LogP contribution in [0.25, 0.3) is 0 Å². The Morgan fingerprint density at radius 2 is 2.04 bits per heavy atom. The fraction of sp³-hybridized carbons (Fsp3) is 0.500. The number of benzene rings is 1. The Kier molecular flexibility index (Phi) is 6.28. The maximum atomic E-state index is 12.4. The van der Waals surface area contributed by atoms with Crippen molar-refractivity contribution in [1.82, 2.24) is 19.6 Å². The van der Waals surface area contributed by atoms with Crippen molar-refractivity contribution in [2.75, 3.05) is 32.8 Å². The quantitative estimate of drug-likeness (QED) is 0.746. The van der Waals surface area contributed by atoms with E-state index in [2.05, 4.69) is 35.1 Å². The van der Waals surface area contributed by atoms with Gasteiger partial charge in [-0.2, -0.15) is 9.78 Å². The second-order valence-corrected chi connectivity index (χ2v) is 6.86. The minimum atomic E-state index is -0.0379. The van der Waals surface area contributed by atoms with Gasteiger partial charge in [-0.25, -0.2) is 4.79 Å². The fourth-order valence-corrected chi connectivity index (χ4v) is 3.09. The van der Waals surface area contributed by atoms with Crippen LogP contribution in [0.5, 0.6) is 5.75 Å². The predicted octanol–water partition coefficient (Wildman–Crippen LogP) is 3.16. The van der Waals surface area contributed by atoms with Crippen LogP contribution >= 0.6 is 0 Å². The Morgan fingerprint density at radius 3 is 2.73 bits per heavy atom. The molecule has 6 heteroatoms. The van der Waals surface area contributed by atoms with Crippen LogP contribution in [0.15, 0.2) is 36.7 Å². The number of hydrogen-bond donors (Lipinski definition) is 0. The molecule has 1 saturated heterocycles. The number of aryl methyl sites for hydroxylation is 1. The summed E-state index contributed by atoms with van der Waals surface area (Å²) >= 11 is 0. The summed E-state index contributed by atoms with van der Waals surface area (Å²) < 4.78 is 7.23. The topological polar surface area (TPSA) is 50.6 Å². The minimum Gasteiger partial charge on any atom is -0.494 e. The predicted molar refractivity (Wildman–Crippen MR) is 101 cm³/mol. The second kappa shape index (κ2) is 8.85. The third kappa shape index (κ3) is 4.85. The van der Waals surface area contributed by atoms with E-state index in [9.17, 15) is 4.79 Å². The zero-order valence-electron chi connectivity index (χ0n) is 15.7. The summed E-state index contributed by atoms with van der Waals surface area (Å²) in [7, 11) is 0. The van der Waals surface area contributed by atoms with Crippen LogP contribution < -0.4 is 4.74 Å². The molecule has 0 N–H and O–H groups in total. The summed E-state index contributed by atoms with van der Waals surface area (Å²) in [6, 6.07) is 8.29. The van der Waals surface area contributed by atoms with Crippen LogP contribution in [0, 0.1) is 6.92 Å². The zero-order valence-corrected chi connectivity index (χ0v) is 15.7. The molecular formula is C20H28N4O2. The summed E-state index contributed by atoms with van der Waals surface area (Å²) in [5.74, 6) is 0.943. The molecule has 1 aliphatic rings. The van der Waals surface area contributed by atoms with Crippen molar-refractivity contribution >= 4 is 6.03 Å². The van der Waals surface area contributed by atoms with E-state index in [-0.39, 0.29) is 6.03 Å². The highest BCUT2D eigenvalue weighted by Crippen LogP contribution is 2.16. The molecule has 0 bridgehead atoms. The van der Waals surface area contributed by atoms with Gasteiger partial charge in [-0.15, -0.1) is 0 Å². The summed E-state index contributed by atoms with van der Waals surface area (Å²) in [6.07, 6.45) is 5.71. The van der Waals surface area contributed by atoms with Gasteiger partial charge in [0.1, 0.15) is 5.75 Å². The van der Waals surface area contributed by atoms with Crippen LogP contribution in [0.2, 0.25) is 0 Å². The smallest absolute Gasteiger partial charge is 0.344 e. The van der Waals surface area contributed by atoms with Gasteiger partial charge in [0, 0.05) is 38.9 Å². The van der Waals surface area contributed by atoms with Crippen LogP contribution in [-0.4, -0.2) is 58.4 Å². The van der Waals surface area contributed by atoms with Crippen LogP contribution in [0.3, 0.4) is 0 Å². The molecule has 1 aromatic carbocycles. The van der Waals surface area contributed by atoms with Gasteiger partial charge in [0.05, 0.1) is 12.8 Å². The third-order valence-electron chi connectivity index (χ3n) is 4.62. The van der Waals surface area contributed by atoms with Crippen molar-refractivity contribution in [3.8, 4) is 5.75 Å². The lowest BCUT2D eigenvalue weighted by atomic mass is 10.2. The number of carbonyl (C=O) groups is 1. The van der Waals surface area contributed by atoms with Gasteiger partial charge >= 0.3 is 6.03 Å². The SMILES string of the molecule is CCCCOc1cccc(CN2CCN(C(=O)n3cc(C)cn3)CC2)c1. The molecule has 26 heavy (non-hydrogen) atoms. The Morgan fingerprint density at radius 1 is 1.23 bits per heavy atom. The average Bonchev–Trinajstić information content (AvgIpc) is 3.09. The lowest BCUT2D eigenvalue weighted by molar-refractivity contribution is 0.134. The first-order chi connectivity index (χ1) is 12.7. The van der Waals surface area contributed by atoms with E-state index >= 15 is 0 Å². The number of hydrogen-bond acceptors (Lipinski definition) is 4. The number of carbonyl (C=O) groups excluding carboxylic acids is 1. The van der Waals surface area contributed by atoms with Crippen LogP contribution in [-0.2, 0) is 6.54 Å². The molecule has 0 atom stereocenters. The molecular weight excluding hydrogens is 328 g/mol. The minimum absolute atomic E-state index is 0.0379. The average molecular weight is 356 g/mol. The van der Waals surface area contributed by atoms with Gasteiger partial charge in [0.15, 0.2) is 0 Å². The van der Waals surface area contributed by atoms with Gasteiger partial charge in [0.2, 0.25) is 0 Å². The second-order valence-electron chi connectivity index (χ2n) is 6.86. The molecule has 2 heterocycles. The standard InChI is InChI=1S/C20H28N4O2/c1-3-4-12-26-19-7-5-6-18(13-19)16-22-8-10-23(11-9-22)20(25)24-15-17(2)14-21-24/h5-7,13-15H,3-4,8-12,16H2,1-2H3. The molecule has 140 valence electrons. The molecule has 0 aliphatic carbocycles. The summed E-state index contributed by atoms with van der Waals surface area (Å²) in [6.45, 7) is 8.95. The molecule has 1 amide bonds. The summed E-state index contributed by atoms with van der Waals surface area (Å²) in [4.78, 5) is 16.7. The molecule has 3 rings (SSSR count). The van der Waals surface area contributed by atoms with Crippen LogP contribution in [0.4, 0.5) is 4.79 Å². The Balaban J connectivity index is 1.49. The number of ether oxygens (including phenoxy) is 1. The number of piperazine rings is 1. The maximum Gasteiger partial charge on any atom is 0.344 e. The van der Waals surface area contributed by atoms with E-state index in [1.165, 1.54) is 10.2 Å². The summed E-state index contributed by atoms with van der Waals surface area (Å²) in [5.41, 5.74) is 2.25. The Bertz CT molecular complexity index is 720. The molecule has 6 nitrogen and oxygen atoms in total.